The molecule has 0 unspecified atom stereocenters. The number of halogens is 2. The van der Waals surface area contributed by atoms with Gasteiger partial charge in [-0.2, -0.15) is 0 Å². The predicted octanol–water partition coefficient (Wildman–Crippen LogP) is 4.48. The van der Waals surface area contributed by atoms with Crippen LogP contribution in [-0.4, -0.2) is 48.0 Å². The standard InChI is InChI=1S/C18H25Cl2NO4/c1-18(2,3)25-17(23)21-8-7-11(9-12(21)10-22)15-14(24-4)6-5-13(19)16(15)20/h5-6,11-12,22H,7-10H2,1-4H3/t11-,12-/m1/s1. The molecule has 1 heterocycles. The summed E-state index contributed by atoms with van der Waals surface area (Å²) in [6, 6.07) is 3.15. The van der Waals surface area contributed by atoms with Crippen LogP contribution in [0, 0.1) is 0 Å². The van der Waals surface area contributed by atoms with E-state index in [-0.39, 0.29) is 18.6 Å². The van der Waals surface area contributed by atoms with Gasteiger partial charge in [0, 0.05) is 12.1 Å². The number of likely N-dealkylation sites (tertiary alicyclic amines) is 1. The van der Waals surface area contributed by atoms with E-state index in [2.05, 4.69) is 0 Å². The first-order chi connectivity index (χ1) is 11.7. The highest BCUT2D eigenvalue weighted by Gasteiger charge is 2.36. The number of ether oxygens (including phenoxy) is 2. The zero-order chi connectivity index (χ0) is 18.8. The fourth-order valence-electron chi connectivity index (χ4n) is 3.15. The summed E-state index contributed by atoms with van der Waals surface area (Å²) < 4.78 is 10.9. The molecule has 1 aromatic carbocycles. The minimum atomic E-state index is -0.576. The number of rotatable bonds is 3. The minimum absolute atomic E-state index is 0.0389. The molecule has 1 fully saturated rings. The Kier molecular flexibility index (Phi) is 6.46. The molecule has 0 spiro atoms. The normalized spacial score (nSPS) is 21.2. The number of benzene rings is 1. The number of aliphatic hydroxyl groups is 1. The molecule has 1 aliphatic heterocycles. The Morgan fingerprint density at radius 2 is 2.04 bits per heavy atom. The summed E-state index contributed by atoms with van der Waals surface area (Å²) in [5, 5.41) is 10.7. The molecule has 1 aliphatic rings. The molecule has 0 bridgehead atoms. The van der Waals surface area contributed by atoms with E-state index in [1.165, 1.54) is 0 Å². The van der Waals surface area contributed by atoms with Crippen molar-refractivity contribution >= 4 is 29.3 Å². The number of methoxy groups -OCH3 is 1. The van der Waals surface area contributed by atoms with Crippen molar-refractivity contribution in [2.45, 2.75) is 51.2 Å². The highest BCUT2D eigenvalue weighted by Crippen LogP contribution is 2.43. The van der Waals surface area contributed by atoms with Crippen molar-refractivity contribution in [3.05, 3.63) is 27.7 Å². The molecule has 5 nitrogen and oxygen atoms in total. The van der Waals surface area contributed by atoms with E-state index in [0.717, 1.165) is 5.56 Å². The Bertz CT molecular complexity index is 630. The summed E-state index contributed by atoms with van der Waals surface area (Å²) in [7, 11) is 1.59. The minimum Gasteiger partial charge on any atom is -0.496 e. The Labute approximate surface area is 158 Å². The van der Waals surface area contributed by atoms with Crippen LogP contribution in [0.3, 0.4) is 0 Å². The third-order valence-corrected chi connectivity index (χ3v) is 5.09. The van der Waals surface area contributed by atoms with Gasteiger partial charge >= 0.3 is 6.09 Å². The van der Waals surface area contributed by atoms with Gasteiger partial charge in [0.05, 0.1) is 29.8 Å². The van der Waals surface area contributed by atoms with Gasteiger partial charge in [-0.1, -0.05) is 23.2 Å². The fourth-order valence-corrected chi connectivity index (χ4v) is 3.63. The molecule has 140 valence electrons. The predicted molar refractivity (Wildman–Crippen MR) is 98.8 cm³/mol. The molecule has 2 atom stereocenters. The average molecular weight is 390 g/mol. The molecule has 0 saturated carbocycles. The summed E-state index contributed by atoms with van der Waals surface area (Å²) in [6.45, 7) is 5.79. The second-order valence-corrected chi connectivity index (χ2v) is 7.99. The summed E-state index contributed by atoms with van der Waals surface area (Å²) in [4.78, 5) is 14.0. The first-order valence-corrected chi connectivity index (χ1v) is 9.06. The second-order valence-electron chi connectivity index (χ2n) is 7.21. The number of hydrogen-bond acceptors (Lipinski definition) is 4. The Hall–Kier alpha value is -1.17. The lowest BCUT2D eigenvalue weighted by molar-refractivity contribution is -0.000512. The molecule has 0 aliphatic carbocycles. The molecule has 1 saturated heterocycles. The fraction of sp³-hybridized carbons (Fsp3) is 0.611. The van der Waals surface area contributed by atoms with Crippen molar-refractivity contribution in [3.8, 4) is 5.75 Å². The molecule has 1 N–H and O–H groups in total. The van der Waals surface area contributed by atoms with Crippen molar-refractivity contribution in [2.75, 3.05) is 20.3 Å². The zero-order valence-electron chi connectivity index (χ0n) is 15.0. The lowest BCUT2D eigenvalue weighted by Gasteiger charge is -2.39. The largest absolute Gasteiger partial charge is 0.496 e. The van der Waals surface area contributed by atoms with Gasteiger partial charge in [0.15, 0.2) is 0 Å². The van der Waals surface area contributed by atoms with E-state index in [4.69, 9.17) is 32.7 Å². The van der Waals surface area contributed by atoms with Crippen LogP contribution in [0.2, 0.25) is 10.0 Å². The van der Waals surface area contributed by atoms with Gasteiger partial charge in [0.1, 0.15) is 11.4 Å². The highest BCUT2D eigenvalue weighted by molar-refractivity contribution is 6.42. The van der Waals surface area contributed by atoms with E-state index in [1.807, 2.05) is 20.8 Å². The van der Waals surface area contributed by atoms with Crippen molar-refractivity contribution < 1.29 is 19.4 Å². The second kappa shape index (κ2) is 8.02. The summed E-state index contributed by atoms with van der Waals surface area (Å²) in [5.41, 5.74) is 0.256. The Morgan fingerprint density at radius 3 is 2.60 bits per heavy atom. The van der Waals surface area contributed by atoms with Crippen LogP contribution in [0.15, 0.2) is 12.1 Å². The summed E-state index contributed by atoms with van der Waals surface area (Å²) in [5.74, 6) is 0.707. The molecule has 1 aromatic rings. The maximum atomic E-state index is 12.4. The first-order valence-electron chi connectivity index (χ1n) is 8.30. The van der Waals surface area contributed by atoms with Gasteiger partial charge in [-0.3, -0.25) is 0 Å². The van der Waals surface area contributed by atoms with Gasteiger partial charge in [0.25, 0.3) is 0 Å². The van der Waals surface area contributed by atoms with Gasteiger partial charge in [-0.05, 0) is 51.7 Å². The first kappa shape index (κ1) is 20.1. The number of amides is 1. The van der Waals surface area contributed by atoms with Crippen molar-refractivity contribution in [3.63, 3.8) is 0 Å². The highest BCUT2D eigenvalue weighted by atomic mass is 35.5. The number of aliphatic hydroxyl groups excluding tert-OH is 1. The van der Waals surface area contributed by atoms with Crippen molar-refractivity contribution in [1.29, 1.82) is 0 Å². The van der Waals surface area contributed by atoms with E-state index < -0.39 is 11.7 Å². The van der Waals surface area contributed by atoms with E-state index in [1.54, 1.807) is 24.1 Å². The lowest BCUT2D eigenvalue weighted by atomic mass is 9.85. The zero-order valence-corrected chi connectivity index (χ0v) is 16.5. The number of hydrogen-bond donors (Lipinski definition) is 1. The Morgan fingerprint density at radius 1 is 1.36 bits per heavy atom. The average Bonchev–Trinajstić information content (AvgIpc) is 2.55. The number of carbonyl (C=O) groups is 1. The van der Waals surface area contributed by atoms with Crippen LogP contribution >= 0.6 is 23.2 Å². The number of piperidine rings is 1. The maximum Gasteiger partial charge on any atom is 0.410 e. The SMILES string of the molecule is COc1ccc(Cl)c(Cl)c1[C@@H]1CCN(C(=O)OC(C)(C)C)[C@@H](CO)C1. The maximum absolute atomic E-state index is 12.4. The van der Waals surface area contributed by atoms with Crippen LogP contribution in [-0.2, 0) is 4.74 Å². The van der Waals surface area contributed by atoms with Crippen molar-refractivity contribution in [2.24, 2.45) is 0 Å². The molecule has 7 heteroatoms. The molecule has 1 amide bonds. The van der Waals surface area contributed by atoms with E-state index in [0.29, 0.717) is 35.2 Å². The van der Waals surface area contributed by atoms with Gasteiger partial charge in [-0.15, -0.1) is 0 Å². The van der Waals surface area contributed by atoms with Crippen LogP contribution in [0.1, 0.15) is 45.1 Å². The van der Waals surface area contributed by atoms with E-state index >= 15 is 0 Å². The smallest absolute Gasteiger partial charge is 0.410 e. The molecular weight excluding hydrogens is 365 g/mol. The van der Waals surface area contributed by atoms with Gasteiger partial charge in [0.2, 0.25) is 0 Å². The Balaban J connectivity index is 2.22. The summed E-state index contributed by atoms with van der Waals surface area (Å²) >= 11 is 12.6. The third-order valence-electron chi connectivity index (χ3n) is 4.28. The van der Waals surface area contributed by atoms with Crippen LogP contribution in [0.25, 0.3) is 0 Å². The number of carbonyl (C=O) groups excluding carboxylic acids is 1. The van der Waals surface area contributed by atoms with Gasteiger partial charge < -0.3 is 19.5 Å². The quantitative estimate of drug-likeness (QED) is 0.827. The van der Waals surface area contributed by atoms with Crippen LogP contribution < -0.4 is 4.74 Å². The molecule has 0 aromatic heterocycles. The van der Waals surface area contributed by atoms with E-state index in [9.17, 15) is 9.90 Å². The van der Waals surface area contributed by atoms with Crippen molar-refractivity contribution in [1.82, 2.24) is 4.90 Å². The molecule has 0 radical (unpaired) electrons. The number of nitrogens with zero attached hydrogens (tertiary/aromatic N) is 1. The monoisotopic (exact) mass is 389 g/mol. The topological polar surface area (TPSA) is 59.0 Å². The van der Waals surface area contributed by atoms with Crippen LogP contribution in [0.5, 0.6) is 5.75 Å². The lowest BCUT2D eigenvalue weighted by Crippen LogP contribution is -2.49. The molecule has 2 rings (SSSR count). The molecule has 25 heavy (non-hydrogen) atoms. The van der Waals surface area contributed by atoms with Crippen LogP contribution in [0.4, 0.5) is 4.79 Å². The van der Waals surface area contributed by atoms with Gasteiger partial charge in [-0.25, -0.2) is 4.79 Å². The molecular formula is C18H25Cl2NO4. The third kappa shape index (κ3) is 4.72. The summed E-state index contributed by atoms with van der Waals surface area (Å²) in [6.07, 6.45) is 0.840.